The summed E-state index contributed by atoms with van der Waals surface area (Å²) in [6.07, 6.45) is 0. The third kappa shape index (κ3) is 3.77. The lowest BCUT2D eigenvalue weighted by molar-refractivity contribution is 0.0526. The van der Waals surface area contributed by atoms with E-state index < -0.39 is 0 Å². The van der Waals surface area contributed by atoms with Gasteiger partial charge < -0.3 is 4.74 Å². The summed E-state index contributed by atoms with van der Waals surface area (Å²) in [5.41, 5.74) is 1.45. The highest BCUT2D eigenvalue weighted by molar-refractivity contribution is 9.09. The Morgan fingerprint density at radius 1 is 1.40 bits per heavy atom. The van der Waals surface area contributed by atoms with Gasteiger partial charge in [0, 0.05) is 5.56 Å². The minimum absolute atomic E-state index is 0.294. The van der Waals surface area contributed by atoms with Crippen LogP contribution in [-0.2, 0) is 4.74 Å². The van der Waals surface area contributed by atoms with Crippen molar-refractivity contribution < 1.29 is 9.53 Å². The largest absolute Gasteiger partial charge is 0.462 e. The van der Waals surface area contributed by atoms with Gasteiger partial charge >= 0.3 is 5.97 Å². The molecule has 0 saturated carbocycles. The lowest BCUT2D eigenvalue weighted by Gasteiger charge is -2.00. The van der Waals surface area contributed by atoms with E-state index in [4.69, 9.17) is 4.74 Å². The number of hydrogen-bond donors (Lipinski definition) is 0. The monoisotopic (exact) mass is 266 g/mol. The van der Waals surface area contributed by atoms with E-state index in [0.29, 0.717) is 17.5 Å². The Labute approximate surface area is 97.8 Å². The summed E-state index contributed by atoms with van der Waals surface area (Å²) >= 11 is 3.22. The van der Waals surface area contributed by atoms with Crippen molar-refractivity contribution in [2.24, 2.45) is 0 Å². The molecule has 0 unspecified atom stereocenters. The van der Waals surface area contributed by atoms with Crippen LogP contribution < -0.4 is 0 Å². The van der Waals surface area contributed by atoms with Crippen LogP contribution in [0.2, 0.25) is 0 Å². The van der Waals surface area contributed by atoms with E-state index in [1.54, 1.807) is 19.1 Å². The number of esters is 1. The molecule has 15 heavy (non-hydrogen) atoms. The zero-order valence-electron chi connectivity index (χ0n) is 8.42. The normalized spacial score (nSPS) is 8.93. The summed E-state index contributed by atoms with van der Waals surface area (Å²) in [7, 11) is 0. The molecule has 0 saturated heterocycles. The van der Waals surface area contributed by atoms with Crippen LogP contribution in [0.5, 0.6) is 0 Å². The van der Waals surface area contributed by atoms with Gasteiger partial charge in [0.2, 0.25) is 0 Å². The molecule has 0 aromatic heterocycles. The number of rotatable bonds is 2. The Morgan fingerprint density at radius 2 is 2.07 bits per heavy atom. The average molecular weight is 267 g/mol. The van der Waals surface area contributed by atoms with Gasteiger partial charge in [-0.1, -0.05) is 27.8 Å². The van der Waals surface area contributed by atoms with Gasteiger partial charge in [-0.25, -0.2) is 4.79 Å². The molecule has 78 valence electrons. The molecule has 2 nitrogen and oxygen atoms in total. The highest BCUT2D eigenvalue weighted by Crippen LogP contribution is 2.05. The molecule has 1 rings (SSSR count). The van der Waals surface area contributed by atoms with Gasteiger partial charge in [-0.3, -0.25) is 0 Å². The predicted molar refractivity (Wildman–Crippen MR) is 63.1 cm³/mol. The molecule has 0 aliphatic rings. The highest BCUT2D eigenvalue weighted by atomic mass is 79.9. The zero-order chi connectivity index (χ0) is 11.1. The molecule has 0 amide bonds. The summed E-state index contributed by atoms with van der Waals surface area (Å²) in [6, 6.07) is 7.05. The van der Waals surface area contributed by atoms with E-state index in [9.17, 15) is 4.79 Å². The SMILES string of the molecule is CCOC(=O)c1ccc(C#CCBr)cc1. The van der Waals surface area contributed by atoms with Crippen molar-refractivity contribution >= 4 is 21.9 Å². The summed E-state index contributed by atoms with van der Waals surface area (Å²) in [4.78, 5) is 11.3. The molecule has 0 heterocycles. The van der Waals surface area contributed by atoms with E-state index in [0.717, 1.165) is 5.56 Å². The number of benzene rings is 1. The van der Waals surface area contributed by atoms with Gasteiger partial charge in [-0.15, -0.1) is 0 Å². The first-order valence-electron chi connectivity index (χ1n) is 4.60. The number of ether oxygens (including phenoxy) is 1. The lowest BCUT2D eigenvalue weighted by atomic mass is 10.1. The Morgan fingerprint density at radius 3 is 2.60 bits per heavy atom. The molecule has 0 spiro atoms. The van der Waals surface area contributed by atoms with E-state index in [-0.39, 0.29) is 5.97 Å². The van der Waals surface area contributed by atoms with Crippen LogP contribution in [-0.4, -0.2) is 17.9 Å². The molecule has 0 fully saturated rings. The van der Waals surface area contributed by atoms with Crippen molar-refractivity contribution in [3.05, 3.63) is 35.4 Å². The van der Waals surface area contributed by atoms with Crippen LogP contribution >= 0.6 is 15.9 Å². The second-order valence-corrected chi connectivity index (χ2v) is 3.29. The zero-order valence-corrected chi connectivity index (χ0v) is 10.0. The first kappa shape index (κ1) is 11.8. The van der Waals surface area contributed by atoms with Crippen molar-refractivity contribution in [1.82, 2.24) is 0 Å². The first-order chi connectivity index (χ1) is 7.27. The number of hydrogen-bond acceptors (Lipinski definition) is 2. The summed E-state index contributed by atoms with van der Waals surface area (Å²) in [5.74, 6) is 5.54. The topological polar surface area (TPSA) is 26.3 Å². The minimum Gasteiger partial charge on any atom is -0.462 e. The standard InChI is InChI=1S/C12H11BrO2/c1-2-15-12(14)11-7-5-10(6-8-11)4-3-9-13/h5-8H,2,9H2,1H3. The van der Waals surface area contributed by atoms with Crippen LogP contribution in [0.1, 0.15) is 22.8 Å². The number of carbonyl (C=O) groups is 1. The van der Waals surface area contributed by atoms with Gasteiger partial charge in [0.1, 0.15) is 0 Å². The fraction of sp³-hybridized carbons (Fsp3) is 0.250. The summed E-state index contributed by atoms with van der Waals surface area (Å²) < 4.78 is 4.87. The maximum absolute atomic E-state index is 11.3. The molecule has 0 aliphatic heterocycles. The lowest BCUT2D eigenvalue weighted by Crippen LogP contribution is -2.04. The van der Waals surface area contributed by atoms with Gasteiger partial charge in [0.25, 0.3) is 0 Å². The maximum atomic E-state index is 11.3. The molecule has 1 aromatic carbocycles. The Bertz CT molecular complexity index is 384. The first-order valence-corrected chi connectivity index (χ1v) is 5.72. The molecule has 0 radical (unpaired) electrons. The molecule has 3 heteroatoms. The Hall–Kier alpha value is -1.27. The van der Waals surface area contributed by atoms with E-state index in [1.807, 2.05) is 12.1 Å². The summed E-state index contributed by atoms with van der Waals surface area (Å²) in [5, 5.41) is 0.645. The van der Waals surface area contributed by atoms with Crippen LogP contribution in [0.15, 0.2) is 24.3 Å². The second kappa shape index (κ2) is 6.26. The molecule has 0 N–H and O–H groups in total. The predicted octanol–water partition coefficient (Wildman–Crippen LogP) is 2.61. The van der Waals surface area contributed by atoms with E-state index in [1.165, 1.54) is 0 Å². The van der Waals surface area contributed by atoms with Crippen molar-refractivity contribution in [3.8, 4) is 11.8 Å². The molecule has 1 aromatic rings. The minimum atomic E-state index is -0.294. The second-order valence-electron chi connectivity index (χ2n) is 2.73. The Balaban J connectivity index is 2.76. The molecule has 0 atom stereocenters. The van der Waals surface area contributed by atoms with Crippen molar-refractivity contribution in [2.75, 3.05) is 11.9 Å². The quantitative estimate of drug-likeness (QED) is 0.467. The Kier molecular flexibility index (Phi) is 4.92. The summed E-state index contributed by atoms with van der Waals surface area (Å²) in [6.45, 7) is 2.18. The van der Waals surface area contributed by atoms with Crippen molar-refractivity contribution in [2.45, 2.75) is 6.92 Å². The van der Waals surface area contributed by atoms with Crippen molar-refractivity contribution in [1.29, 1.82) is 0 Å². The molecular formula is C12H11BrO2. The number of halogens is 1. The van der Waals surface area contributed by atoms with Gasteiger partial charge in [0.15, 0.2) is 0 Å². The van der Waals surface area contributed by atoms with Gasteiger partial charge in [0.05, 0.1) is 17.5 Å². The third-order valence-corrected chi connectivity index (χ3v) is 1.98. The third-order valence-electron chi connectivity index (χ3n) is 1.70. The van der Waals surface area contributed by atoms with Crippen LogP contribution in [0.25, 0.3) is 0 Å². The smallest absolute Gasteiger partial charge is 0.338 e. The van der Waals surface area contributed by atoms with E-state index >= 15 is 0 Å². The van der Waals surface area contributed by atoms with Gasteiger partial charge in [-0.2, -0.15) is 0 Å². The molecular weight excluding hydrogens is 256 g/mol. The maximum Gasteiger partial charge on any atom is 0.338 e. The highest BCUT2D eigenvalue weighted by Gasteiger charge is 2.04. The average Bonchev–Trinajstić information content (AvgIpc) is 2.27. The van der Waals surface area contributed by atoms with Crippen molar-refractivity contribution in [3.63, 3.8) is 0 Å². The number of alkyl halides is 1. The van der Waals surface area contributed by atoms with Crippen LogP contribution in [0.3, 0.4) is 0 Å². The van der Waals surface area contributed by atoms with E-state index in [2.05, 4.69) is 27.8 Å². The number of carbonyl (C=O) groups excluding carboxylic acids is 1. The fourth-order valence-corrected chi connectivity index (χ4v) is 1.18. The fourth-order valence-electron chi connectivity index (χ4n) is 1.04. The van der Waals surface area contributed by atoms with Crippen LogP contribution in [0.4, 0.5) is 0 Å². The van der Waals surface area contributed by atoms with Gasteiger partial charge in [-0.05, 0) is 31.2 Å². The molecule has 0 bridgehead atoms. The molecule has 0 aliphatic carbocycles. The van der Waals surface area contributed by atoms with Crippen LogP contribution in [0, 0.1) is 11.8 Å².